The minimum Gasteiger partial charge on any atom is -0.454 e. The monoisotopic (exact) mass is 471 g/mol. The van der Waals surface area contributed by atoms with E-state index in [2.05, 4.69) is 5.32 Å². The average molecular weight is 472 g/mol. The minimum absolute atomic E-state index is 0.0451. The van der Waals surface area contributed by atoms with Gasteiger partial charge in [0.15, 0.2) is 11.6 Å². The summed E-state index contributed by atoms with van der Waals surface area (Å²) in [7, 11) is 1.88. The van der Waals surface area contributed by atoms with Crippen LogP contribution in [0.25, 0.3) is 0 Å². The van der Waals surface area contributed by atoms with Gasteiger partial charge < -0.3 is 15.0 Å². The number of nitro benzene ring substituents is 1. The van der Waals surface area contributed by atoms with Crippen molar-refractivity contribution in [3.8, 4) is 11.5 Å². The first kappa shape index (κ1) is 25.5. The Hall–Kier alpha value is -3.16. The van der Waals surface area contributed by atoms with Gasteiger partial charge in [0.25, 0.3) is 5.69 Å². The molecule has 0 saturated heterocycles. The predicted octanol–water partition coefficient (Wildman–Crippen LogP) is 6.68. The van der Waals surface area contributed by atoms with Gasteiger partial charge in [0.1, 0.15) is 11.4 Å². The van der Waals surface area contributed by atoms with Crippen LogP contribution in [0.15, 0.2) is 42.5 Å². The molecule has 184 valence electrons. The summed E-state index contributed by atoms with van der Waals surface area (Å²) in [6.45, 7) is 2.04. The number of benzene rings is 2. The molecular weight excluding hydrogens is 437 g/mol. The van der Waals surface area contributed by atoms with Gasteiger partial charge in [-0.2, -0.15) is 0 Å². The van der Waals surface area contributed by atoms with Gasteiger partial charge in [0, 0.05) is 37.7 Å². The normalized spacial score (nSPS) is 14.9. The lowest BCUT2D eigenvalue weighted by Crippen LogP contribution is -2.38. The van der Waals surface area contributed by atoms with Crippen LogP contribution < -0.4 is 10.1 Å². The van der Waals surface area contributed by atoms with Crippen LogP contribution in [0.4, 0.5) is 15.8 Å². The number of carbonyl (C=O) groups excluding carboxylic acids is 1. The van der Waals surface area contributed by atoms with E-state index in [1.807, 2.05) is 18.9 Å². The van der Waals surface area contributed by atoms with Gasteiger partial charge >= 0.3 is 0 Å². The fourth-order valence-corrected chi connectivity index (χ4v) is 4.51. The predicted molar refractivity (Wildman–Crippen MR) is 131 cm³/mol. The summed E-state index contributed by atoms with van der Waals surface area (Å²) in [6.07, 6.45) is 8.25. The van der Waals surface area contributed by atoms with Crippen LogP contribution in [0.2, 0.25) is 0 Å². The Morgan fingerprint density at radius 1 is 1.21 bits per heavy atom. The van der Waals surface area contributed by atoms with Gasteiger partial charge in [0.05, 0.1) is 4.92 Å². The van der Waals surface area contributed by atoms with Crippen molar-refractivity contribution >= 4 is 17.3 Å². The van der Waals surface area contributed by atoms with Crippen LogP contribution in [0, 0.1) is 15.9 Å². The number of anilines is 1. The summed E-state index contributed by atoms with van der Waals surface area (Å²) in [4.78, 5) is 25.8. The fourth-order valence-electron chi connectivity index (χ4n) is 4.51. The number of hydrogen-bond donors (Lipinski definition) is 1. The van der Waals surface area contributed by atoms with Crippen molar-refractivity contribution in [2.45, 2.75) is 76.8 Å². The standard InChI is InChI=1S/C26H34FN3O4/c1-3-9-19(14-17-26(31)29(2)20-10-5-4-6-11-20)28-23-18-21(15-16-24(23)30(32)33)34-25-13-8-7-12-22(25)27/h7-8,12-13,15-16,18-20,28H,3-6,9-11,14,17H2,1-2H3. The molecule has 8 heteroatoms. The zero-order chi connectivity index (χ0) is 24.5. The molecule has 0 aliphatic heterocycles. The van der Waals surface area contributed by atoms with Gasteiger partial charge in [-0.25, -0.2) is 4.39 Å². The quantitative estimate of drug-likeness (QED) is 0.292. The van der Waals surface area contributed by atoms with E-state index in [1.54, 1.807) is 12.1 Å². The molecule has 0 aromatic heterocycles. The number of amides is 1. The molecular formula is C26H34FN3O4. The van der Waals surface area contributed by atoms with Crippen LogP contribution in [0.3, 0.4) is 0 Å². The van der Waals surface area contributed by atoms with E-state index in [0.29, 0.717) is 30.3 Å². The molecule has 0 spiro atoms. The second-order valence-electron chi connectivity index (χ2n) is 8.93. The molecule has 1 atom stereocenters. The van der Waals surface area contributed by atoms with Gasteiger partial charge in [0.2, 0.25) is 5.91 Å². The van der Waals surface area contributed by atoms with Crippen molar-refractivity contribution in [2.24, 2.45) is 0 Å². The topological polar surface area (TPSA) is 84.7 Å². The van der Waals surface area contributed by atoms with Crippen LogP contribution in [-0.2, 0) is 4.79 Å². The summed E-state index contributed by atoms with van der Waals surface area (Å²) in [5.74, 6) is -0.0638. The molecule has 1 aliphatic rings. The summed E-state index contributed by atoms with van der Waals surface area (Å²) in [6, 6.07) is 10.5. The number of halogens is 1. The summed E-state index contributed by atoms with van der Waals surface area (Å²) in [5, 5.41) is 14.9. The number of hydrogen-bond acceptors (Lipinski definition) is 5. The number of nitro groups is 1. The van der Waals surface area contributed by atoms with Crippen LogP contribution in [-0.4, -0.2) is 34.9 Å². The molecule has 1 unspecified atom stereocenters. The minimum atomic E-state index is -0.514. The maximum absolute atomic E-state index is 14.0. The number of ether oxygens (including phenoxy) is 1. The van der Waals surface area contributed by atoms with Crippen LogP contribution >= 0.6 is 0 Å². The molecule has 0 heterocycles. The molecule has 1 N–H and O–H groups in total. The zero-order valence-corrected chi connectivity index (χ0v) is 20.0. The van der Waals surface area contributed by atoms with E-state index in [9.17, 15) is 19.3 Å². The van der Waals surface area contributed by atoms with E-state index in [0.717, 1.165) is 38.5 Å². The van der Waals surface area contributed by atoms with Gasteiger partial charge in [-0.15, -0.1) is 0 Å². The SMILES string of the molecule is CCCC(CCC(=O)N(C)C1CCCCC1)Nc1cc(Oc2ccccc2F)ccc1[N+](=O)[O-]. The molecule has 2 aromatic rings. The Morgan fingerprint density at radius 3 is 2.62 bits per heavy atom. The second-order valence-corrected chi connectivity index (χ2v) is 8.93. The Bertz CT molecular complexity index is 978. The highest BCUT2D eigenvalue weighted by Gasteiger charge is 2.24. The molecule has 7 nitrogen and oxygen atoms in total. The van der Waals surface area contributed by atoms with Crippen LogP contribution in [0.5, 0.6) is 11.5 Å². The van der Waals surface area contributed by atoms with Crippen molar-refractivity contribution in [2.75, 3.05) is 12.4 Å². The first-order valence-electron chi connectivity index (χ1n) is 12.1. The highest BCUT2D eigenvalue weighted by atomic mass is 19.1. The molecule has 3 rings (SSSR count). The van der Waals surface area contributed by atoms with E-state index in [-0.39, 0.29) is 23.4 Å². The van der Waals surface area contributed by atoms with Crippen molar-refractivity contribution in [1.82, 2.24) is 4.90 Å². The third-order valence-electron chi connectivity index (χ3n) is 6.45. The largest absolute Gasteiger partial charge is 0.454 e. The average Bonchev–Trinajstić information content (AvgIpc) is 2.84. The van der Waals surface area contributed by atoms with Crippen LogP contribution in [0.1, 0.15) is 64.7 Å². The smallest absolute Gasteiger partial charge is 0.292 e. The molecule has 1 fully saturated rings. The van der Waals surface area contributed by atoms with Gasteiger partial charge in [-0.1, -0.05) is 44.7 Å². The molecule has 1 aliphatic carbocycles. The zero-order valence-electron chi connectivity index (χ0n) is 20.0. The number of nitrogens with one attached hydrogen (secondary N) is 1. The first-order chi connectivity index (χ1) is 16.4. The summed E-state index contributed by atoms with van der Waals surface area (Å²) >= 11 is 0. The number of rotatable bonds is 11. The summed E-state index contributed by atoms with van der Waals surface area (Å²) < 4.78 is 19.6. The second kappa shape index (κ2) is 12.3. The molecule has 34 heavy (non-hydrogen) atoms. The molecule has 0 radical (unpaired) electrons. The molecule has 1 amide bonds. The first-order valence-corrected chi connectivity index (χ1v) is 12.1. The molecule has 2 aromatic carbocycles. The number of carbonyl (C=O) groups is 1. The lowest BCUT2D eigenvalue weighted by atomic mass is 9.94. The van der Waals surface area contributed by atoms with E-state index >= 15 is 0 Å². The third kappa shape index (κ3) is 6.92. The van der Waals surface area contributed by atoms with Gasteiger partial charge in [-0.3, -0.25) is 14.9 Å². The van der Waals surface area contributed by atoms with Gasteiger partial charge in [-0.05, 0) is 43.9 Å². The van der Waals surface area contributed by atoms with Crippen molar-refractivity contribution in [3.63, 3.8) is 0 Å². The molecule has 0 bridgehead atoms. The van der Waals surface area contributed by atoms with Crippen molar-refractivity contribution < 1.29 is 18.8 Å². The lowest BCUT2D eigenvalue weighted by molar-refractivity contribution is -0.384. The van der Waals surface area contributed by atoms with E-state index in [4.69, 9.17) is 4.74 Å². The number of para-hydroxylation sites is 1. The summed E-state index contributed by atoms with van der Waals surface area (Å²) in [5.41, 5.74) is 0.206. The maximum Gasteiger partial charge on any atom is 0.292 e. The highest BCUT2D eigenvalue weighted by Crippen LogP contribution is 2.33. The van der Waals surface area contributed by atoms with E-state index in [1.165, 1.54) is 36.8 Å². The Morgan fingerprint density at radius 2 is 1.94 bits per heavy atom. The number of nitrogens with zero attached hydrogens (tertiary/aromatic N) is 2. The Labute approximate surface area is 200 Å². The van der Waals surface area contributed by atoms with Crippen molar-refractivity contribution in [1.29, 1.82) is 0 Å². The van der Waals surface area contributed by atoms with Crippen molar-refractivity contribution in [3.05, 3.63) is 58.4 Å². The highest BCUT2D eigenvalue weighted by molar-refractivity contribution is 5.76. The fraction of sp³-hybridized carbons (Fsp3) is 0.500. The van der Waals surface area contributed by atoms with E-state index < -0.39 is 10.7 Å². The lowest BCUT2D eigenvalue weighted by Gasteiger charge is -2.31. The Balaban J connectivity index is 1.70. The Kier molecular flexibility index (Phi) is 9.24. The molecule has 1 saturated carbocycles. The third-order valence-corrected chi connectivity index (χ3v) is 6.45. The maximum atomic E-state index is 14.0.